The Balaban J connectivity index is 2.34. The van der Waals surface area contributed by atoms with Gasteiger partial charge in [-0.15, -0.1) is 12.6 Å². The summed E-state index contributed by atoms with van der Waals surface area (Å²) in [5.41, 5.74) is 2.41. The number of benzene rings is 1. The topological polar surface area (TPSA) is 50.2 Å². The summed E-state index contributed by atoms with van der Waals surface area (Å²) in [5, 5.41) is 8.72. The number of aromatic nitrogens is 1. The number of hydrogen-bond acceptors (Lipinski definition) is 3. The second kappa shape index (κ2) is 5.01. The van der Waals surface area contributed by atoms with Crippen LogP contribution in [0.4, 0.5) is 0 Å². The highest BCUT2D eigenvalue weighted by atomic mass is 32.1. The van der Waals surface area contributed by atoms with E-state index >= 15 is 0 Å². The highest BCUT2D eigenvalue weighted by Gasteiger charge is 2.07. The number of carboxylic acids is 1. The molecule has 0 saturated carbocycles. The maximum absolute atomic E-state index is 10.6. The van der Waals surface area contributed by atoms with Gasteiger partial charge in [0.1, 0.15) is 0 Å². The quantitative estimate of drug-likeness (QED) is 0.817. The van der Waals surface area contributed by atoms with Gasteiger partial charge in [0.15, 0.2) is 0 Å². The summed E-state index contributed by atoms with van der Waals surface area (Å²) in [5.74, 6) is -0.880. The fourth-order valence-corrected chi connectivity index (χ4v) is 1.80. The number of hydrogen-bond donors (Lipinski definition) is 2. The molecule has 2 aromatic rings. The van der Waals surface area contributed by atoms with Gasteiger partial charge >= 0.3 is 5.97 Å². The Hall–Kier alpha value is -1.81. The van der Waals surface area contributed by atoms with Crippen molar-refractivity contribution >= 4 is 18.6 Å². The Kier molecular flexibility index (Phi) is 3.44. The zero-order valence-corrected chi connectivity index (χ0v) is 9.89. The minimum absolute atomic E-state index is 0.0547. The summed E-state index contributed by atoms with van der Waals surface area (Å²) in [6.45, 7) is 0. The van der Waals surface area contributed by atoms with Crippen molar-refractivity contribution in [3.63, 3.8) is 0 Å². The molecule has 0 fully saturated rings. The second-order valence-corrected chi connectivity index (χ2v) is 4.12. The molecule has 2 rings (SSSR count). The van der Waals surface area contributed by atoms with Gasteiger partial charge in [0.2, 0.25) is 0 Å². The van der Waals surface area contributed by atoms with Crippen LogP contribution in [0.25, 0.3) is 11.3 Å². The van der Waals surface area contributed by atoms with Gasteiger partial charge in [0.25, 0.3) is 0 Å². The minimum Gasteiger partial charge on any atom is -0.481 e. The van der Waals surface area contributed by atoms with E-state index in [2.05, 4.69) is 17.6 Å². The van der Waals surface area contributed by atoms with Crippen LogP contribution in [0.1, 0.15) is 5.56 Å². The lowest BCUT2D eigenvalue weighted by atomic mass is 10.1. The summed E-state index contributed by atoms with van der Waals surface area (Å²) in [4.78, 5) is 15.5. The average molecular weight is 245 g/mol. The fraction of sp³-hybridized carbons (Fsp3) is 0.0769. The normalized spacial score (nSPS) is 10.2. The van der Waals surface area contributed by atoms with Gasteiger partial charge in [0, 0.05) is 16.7 Å². The van der Waals surface area contributed by atoms with Crippen LogP contribution in [0, 0.1) is 0 Å². The highest BCUT2D eigenvalue weighted by molar-refractivity contribution is 7.80. The third-order valence-corrected chi connectivity index (χ3v) is 2.79. The number of thiol groups is 1. The van der Waals surface area contributed by atoms with E-state index in [1.54, 1.807) is 12.3 Å². The molecule has 1 N–H and O–H groups in total. The molecule has 86 valence electrons. The number of nitrogens with zero attached hydrogens (tertiary/aromatic N) is 1. The molecule has 4 heteroatoms. The Morgan fingerprint density at radius 3 is 2.59 bits per heavy atom. The van der Waals surface area contributed by atoms with E-state index in [9.17, 15) is 4.79 Å². The van der Waals surface area contributed by atoms with Crippen molar-refractivity contribution in [2.75, 3.05) is 0 Å². The van der Waals surface area contributed by atoms with E-state index in [1.807, 2.05) is 30.3 Å². The van der Waals surface area contributed by atoms with E-state index in [0.717, 1.165) is 11.3 Å². The van der Waals surface area contributed by atoms with Crippen LogP contribution in [0.2, 0.25) is 0 Å². The van der Waals surface area contributed by atoms with Crippen molar-refractivity contribution in [2.24, 2.45) is 0 Å². The van der Waals surface area contributed by atoms with Crippen LogP contribution in [0.5, 0.6) is 0 Å². The average Bonchev–Trinajstić information content (AvgIpc) is 2.32. The van der Waals surface area contributed by atoms with E-state index in [4.69, 9.17) is 5.11 Å². The Morgan fingerprint density at radius 1 is 1.29 bits per heavy atom. The molecule has 3 nitrogen and oxygen atoms in total. The van der Waals surface area contributed by atoms with Crippen molar-refractivity contribution in [2.45, 2.75) is 11.3 Å². The largest absolute Gasteiger partial charge is 0.481 e. The van der Waals surface area contributed by atoms with Gasteiger partial charge in [0.05, 0.1) is 12.1 Å². The van der Waals surface area contributed by atoms with Crippen LogP contribution in [0.15, 0.2) is 47.5 Å². The number of carboxylic acid groups (broad SMARTS) is 1. The zero-order chi connectivity index (χ0) is 12.3. The van der Waals surface area contributed by atoms with Gasteiger partial charge in [-0.25, -0.2) is 0 Å². The van der Waals surface area contributed by atoms with Crippen LogP contribution < -0.4 is 0 Å². The molecule has 1 aromatic carbocycles. The van der Waals surface area contributed by atoms with Crippen LogP contribution in [-0.2, 0) is 11.2 Å². The standard InChI is InChI=1S/C13H11NO2S/c15-13(16)6-10-8-14-11(7-12(10)17)9-4-2-1-3-5-9/h1-5,7-8H,6H2,(H,14,17)(H,15,16). The molecule has 0 amide bonds. The number of carbonyl (C=O) groups is 1. The summed E-state index contributed by atoms with van der Waals surface area (Å²) >= 11 is 4.29. The first-order valence-electron chi connectivity index (χ1n) is 5.12. The third kappa shape index (κ3) is 2.85. The Bertz CT molecular complexity index is 540. The Morgan fingerprint density at radius 2 is 2.00 bits per heavy atom. The molecule has 0 bridgehead atoms. The molecule has 0 spiro atoms. The van der Waals surface area contributed by atoms with E-state index in [1.165, 1.54) is 0 Å². The van der Waals surface area contributed by atoms with Gasteiger partial charge in [-0.2, -0.15) is 0 Å². The summed E-state index contributed by atoms with van der Waals surface area (Å²) in [7, 11) is 0. The van der Waals surface area contributed by atoms with Crippen LogP contribution in [0.3, 0.4) is 0 Å². The fourth-order valence-electron chi connectivity index (χ4n) is 1.54. The monoisotopic (exact) mass is 245 g/mol. The molecule has 0 saturated heterocycles. The number of pyridine rings is 1. The van der Waals surface area contributed by atoms with Crippen molar-refractivity contribution in [1.29, 1.82) is 0 Å². The van der Waals surface area contributed by atoms with Crippen molar-refractivity contribution in [3.05, 3.63) is 48.2 Å². The number of aliphatic carboxylic acids is 1. The summed E-state index contributed by atoms with van der Waals surface area (Å²) in [6.07, 6.45) is 1.51. The first kappa shape index (κ1) is 11.7. The van der Waals surface area contributed by atoms with Crippen LogP contribution >= 0.6 is 12.6 Å². The van der Waals surface area contributed by atoms with Gasteiger partial charge in [-0.05, 0) is 11.6 Å². The molecular formula is C13H11NO2S. The predicted molar refractivity (Wildman–Crippen MR) is 68.3 cm³/mol. The van der Waals surface area contributed by atoms with E-state index < -0.39 is 5.97 Å². The smallest absolute Gasteiger partial charge is 0.307 e. The third-order valence-electron chi connectivity index (χ3n) is 2.37. The maximum atomic E-state index is 10.6. The van der Waals surface area contributed by atoms with Crippen LogP contribution in [-0.4, -0.2) is 16.1 Å². The molecule has 0 aliphatic carbocycles. The van der Waals surface area contributed by atoms with Crippen molar-refractivity contribution < 1.29 is 9.90 Å². The first-order chi connectivity index (χ1) is 8.16. The lowest BCUT2D eigenvalue weighted by molar-refractivity contribution is -0.136. The zero-order valence-electron chi connectivity index (χ0n) is 9.00. The lowest BCUT2D eigenvalue weighted by Gasteiger charge is -2.05. The molecule has 0 atom stereocenters. The van der Waals surface area contributed by atoms with E-state index in [0.29, 0.717) is 10.5 Å². The second-order valence-electron chi connectivity index (χ2n) is 3.63. The SMILES string of the molecule is O=C(O)Cc1cnc(-c2ccccc2)cc1S. The molecule has 0 aliphatic rings. The minimum atomic E-state index is -0.880. The summed E-state index contributed by atoms with van der Waals surface area (Å²) < 4.78 is 0. The maximum Gasteiger partial charge on any atom is 0.307 e. The molecule has 1 aromatic heterocycles. The van der Waals surface area contributed by atoms with E-state index in [-0.39, 0.29) is 6.42 Å². The van der Waals surface area contributed by atoms with Crippen molar-refractivity contribution in [3.8, 4) is 11.3 Å². The van der Waals surface area contributed by atoms with Gasteiger partial charge in [-0.3, -0.25) is 9.78 Å². The van der Waals surface area contributed by atoms with Gasteiger partial charge < -0.3 is 5.11 Å². The molecule has 1 heterocycles. The number of rotatable bonds is 3. The molecule has 17 heavy (non-hydrogen) atoms. The lowest BCUT2D eigenvalue weighted by Crippen LogP contribution is -2.02. The first-order valence-corrected chi connectivity index (χ1v) is 5.56. The van der Waals surface area contributed by atoms with Crippen molar-refractivity contribution in [1.82, 2.24) is 4.98 Å². The molecule has 0 aliphatic heterocycles. The molecule has 0 radical (unpaired) electrons. The summed E-state index contributed by atoms with van der Waals surface area (Å²) in [6, 6.07) is 11.5. The Labute approximate surface area is 105 Å². The molecular weight excluding hydrogens is 234 g/mol. The highest BCUT2D eigenvalue weighted by Crippen LogP contribution is 2.22. The van der Waals surface area contributed by atoms with Gasteiger partial charge in [-0.1, -0.05) is 30.3 Å². The predicted octanol–water partition coefficient (Wildman–Crippen LogP) is 2.66. The molecule has 0 unspecified atom stereocenters.